The minimum atomic E-state index is -4.06. The second-order valence-electron chi connectivity index (χ2n) is 12.9. The Labute approximate surface area is 288 Å². The van der Waals surface area contributed by atoms with Crippen LogP contribution < -0.4 is 5.32 Å². The minimum Gasteiger partial charge on any atom is -0.411 e. The first-order valence-corrected chi connectivity index (χ1v) is 18.0. The summed E-state index contributed by atoms with van der Waals surface area (Å²) in [4.78, 5) is 31.1. The summed E-state index contributed by atoms with van der Waals surface area (Å²) in [5, 5.41) is 34.3. The molecule has 1 aromatic heterocycles. The molecule has 3 N–H and O–H groups in total. The van der Waals surface area contributed by atoms with Gasteiger partial charge in [0.15, 0.2) is 0 Å². The first-order chi connectivity index (χ1) is 23.4. The number of nitrogens with zero attached hydrogens (tertiary/aromatic N) is 6. The molecule has 1 aliphatic heterocycles. The number of hydrogen-bond acceptors (Lipinski definition) is 9. The lowest BCUT2D eigenvalue weighted by molar-refractivity contribution is -0.128. The molecule has 4 atom stereocenters. The molecule has 2 aromatic carbocycles. The van der Waals surface area contributed by atoms with E-state index in [-0.39, 0.29) is 42.3 Å². The lowest BCUT2D eigenvalue weighted by Gasteiger charge is -2.35. The quantitative estimate of drug-likeness (QED) is 0.110. The van der Waals surface area contributed by atoms with Gasteiger partial charge in [-0.05, 0) is 53.1 Å². The van der Waals surface area contributed by atoms with E-state index in [0.29, 0.717) is 31.6 Å². The van der Waals surface area contributed by atoms with Crippen LogP contribution in [0.25, 0.3) is 0 Å². The summed E-state index contributed by atoms with van der Waals surface area (Å²) in [7, 11) is -4.06. The highest BCUT2D eigenvalue weighted by atomic mass is 32.2. The Morgan fingerprint density at radius 1 is 1.02 bits per heavy atom. The van der Waals surface area contributed by atoms with E-state index < -0.39 is 34.1 Å². The van der Waals surface area contributed by atoms with E-state index in [9.17, 15) is 23.1 Å². The molecule has 3 amide bonds. The van der Waals surface area contributed by atoms with E-state index in [1.807, 2.05) is 58.0 Å². The first kappa shape index (κ1) is 37.4. The maximum absolute atomic E-state index is 14.2. The summed E-state index contributed by atoms with van der Waals surface area (Å²) in [5.41, 5.74) is 2.20. The van der Waals surface area contributed by atoms with Gasteiger partial charge in [0.25, 0.3) is 0 Å². The van der Waals surface area contributed by atoms with Gasteiger partial charge in [-0.1, -0.05) is 81.7 Å². The summed E-state index contributed by atoms with van der Waals surface area (Å²) in [6, 6.07) is 15.1. The molecule has 0 unspecified atom stereocenters. The Balaban J connectivity index is 1.59. The van der Waals surface area contributed by atoms with Gasteiger partial charge in [-0.2, -0.15) is 14.5 Å². The van der Waals surface area contributed by atoms with Crippen LogP contribution in [0.5, 0.6) is 0 Å². The summed E-state index contributed by atoms with van der Waals surface area (Å²) < 4.78 is 29.0. The average molecular weight is 694 g/mol. The van der Waals surface area contributed by atoms with Gasteiger partial charge in [-0.25, -0.2) is 13.2 Å². The molecular weight excluding hydrogens is 646 g/mol. The van der Waals surface area contributed by atoms with Gasteiger partial charge >= 0.3 is 6.03 Å². The largest absolute Gasteiger partial charge is 0.411 e. The number of aliphatic hydroxyl groups is 1. The van der Waals surface area contributed by atoms with Crippen LogP contribution in [-0.4, -0.2) is 106 Å². The predicted molar refractivity (Wildman–Crippen MR) is 185 cm³/mol. The lowest BCUT2D eigenvalue weighted by Crippen LogP contribution is -2.57. The van der Waals surface area contributed by atoms with Gasteiger partial charge in [-0.3, -0.25) is 4.79 Å². The van der Waals surface area contributed by atoms with Crippen molar-refractivity contribution in [3.8, 4) is 0 Å². The van der Waals surface area contributed by atoms with Crippen LogP contribution in [0.15, 0.2) is 83.1 Å². The molecule has 0 bridgehead atoms. The van der Waals surface area contributed by atoms with Crippen LogP contribution in [-0.2, 0) is 27.8 Å². The number of hydrogen-bond donors (Lipinski definition) is 3. The van der Waals surface area contributed by atoms with Gasteiger partial charge in [-0.15, -0.1) is 0 Å². The van der Waals surface area contributed by atoms with Gasteiger partial charge in [0.1, 0.15) is 6.04 Å². The van der Waals surface area contributed by atoms with Crippen molar-refractivity contribution < 1.29 is 28.3 Å². The van der Waals surface area contributed by atoms with Crippen molar-refractivity contribution in [1.29, 1.82) is 0 Å². The third kappa shape index (κ3) is 9.83. The molecule has 13 nitrogen and oxygen atoms in total. The molecule has 2 heterocycles. The number of rotatable bonds is 17. The van der Waals surface area contributed by atoms with Crippen molar-refractivity contribution in [1.82, 2.24) is 29.6 Å². The van der Waals surface area contributed by atoms with Crippen LogP contribution in [0.4, 0.5) is 4.79 Å². The number of oxime groups is 1. The molecule has 1 fully saturated rings. The molecule has 1 aliphatic rings. The molecule has 264 valence electrons. The third-order valence-corrected chi connectivity index (χ3v) is 10.6. The second-order valence-corrected chi connectivity index (χ2v) is 14.8. The van der Waals surface area contributed by atoms with Crippen molar-refractivity contribution in [3.63, 3.8) is 0 Å². The van der Waals surface area contributed by atoms with Crippen LogP contribution in [0.2, 0.25) is 0 Å². The van der Waals surface area contributed by atoms with Crippen molar-refractivity contribution in [2.75, 3.05) is 26.2 Å². The number of sulfonamides is 1. The number of aliphatic hydroxyl groups excluding tert-OH is 1. The highest BCUT2D eigenvalue weighted by Crippen LogP contribution is 2.24. The number of urea groups is 1. The van der Waals surface area contributed by atoms with E-state index in [4.69, 9.17) is 5.21 Å². The van der Waals surface area contributed by atoms with Gasteiger partial charge in [0.2, 0.25) is 15.9 Å². The Hall–Kier alpha value is -4.40. The smallest absolute Gasteiger partial charge is 0.321 e. The van der Waals surface area contributed by atoms with Crippen molar-refractivity contribution >= 4 is 28.2 Å². The Kier molecular flexibility index (Phi) is 13.2. The number of benzene rings is 2. The summed E-state index contributed by atoms with van der Waals surface area (Å²) in [6.45, 7) is 8.64. The average Bonchev–Trinajstić information content (AvgIpc) is 3.43. The molecule has 3 aromatic rings. The third-order valence-electron chi connectivity index (χ3n) is 8.71. The number of aromatic nitrogens is 2. The zero-order valence-electron chi connectivity index (χ0n) is 28.5. The van der Waals surface area contributed by atoms with Crippen LogP contribution in [0.3, 0.4) is 0 Å². The fourth-order valence-electron chi connectivity index (χ4n) is 5.94. The van der Waals surface area contributed by atoms with Crippen molar-refractivity contribution in [3.05, 3.63) is 89.7 Å². The molecule has 0 radical (unpaired) electrons. The zero-order valence-corrected chi connectivity index (χ0v) is 29.3. The van der Waals surface area contributed by atoms with Gasteiger partial charge in [0.05, 0.1) is 29.5 Å². The SMILES string of the molecule is CC[C@H](C)[C@@H](C(=O)N[C@@H](Cc1ccccc1)[C@H](O)CN(CC(C)C)S(=O)(=O)c1ccc(/C=N/O)cc1)N1CCN(Cc2ccnnc2)C1=O. The Bertz CT molecular complexity index is 1640. The number of carbonyl (C=O) groups excluding carboxylic acids is 2. The van der Waals surface area contributed by atoms with E-state index in [2.05, 4.69) is 20.7 Å². The highest BCUT2D eigenvalue weighted by Gasteiger charge is 2.41. The Morgan fingerprint density at radius 2 is 1.73 bits per heavy atom. The van der Waals surface area contributed by atoms with Crippen LogP contribution >= 0.6 is 0 Å². The standard InChI is InChI=1S/C35H47N7O6S/c1-5-26(4)33(42-18-17-40(35(42)45)23-29-15-16-36-37-20-29)34(44)39-31(19-27-9-7-6-8-10-27)32(43)24-41(22-25(2)3)49(47,48)30-13-11-28(12-14-30)21-38-46/h6-16,20-21,25-26,31-33,43,46H,5,17-19,22-24H2,1-4H3,(H,39,44)/b38-21+/t26-,31-,32+,33-/m0/s1. The summed E-state index contributed by atoms with van der Waals surface area (Å²) >= 11 is 0. The molecule has 0 saturated carbocycles. The molecule has 0 aliphatic carbocycles. The molecule has 1 saturated heterocycles. The van der Waals surface area contributed by atoms with E-state index >= 15 is 0 Å². The minimum absolute atomic E-state index is 0.0237. The van der Waals surface area contributed by atoms with Crippen LogP contribution in [0, 0.1) is 11.8 Å². The van der Waals surface area contributed by atoms with Gasteiger partial charge < -0.3 is 25.4 Å². The van der Waals surface area contributed by atoms with Gasteiger partial charge in [0, 0.05) is 38.9 Å². The number of nitrogens with one attached hydrogen (secondary N) is 1. The molecule has 14 heteroatoms. The van der Waals surface area contributed by atoms with Crippen molar-refractivity contribution in [2.45, 2.75) is 70.2 Å². The Morgan fingerprint density at radius 3 is 2.35 bits per heavy atom. The fraction of sp³-hybridized carbons (Fsp3) is 0.457. The van der Waals surface area contributed by atoms with E-state index in [0.717, 1.165) is 11.1 Å². The van der Waals surface area contributed by atoms with E-state index in [1.165, 1.54) is 34.8 Å². The van der Waals surface area contributed by atoms with Crippen LogP contribution in [0.1, 0.15) is 50.8 Å². The zero-order chi connectivity index (χ0) is 35.6. The molecule has 0 spiro atoms. The fourth-order valence-corrected chi connectivity index (χ4v) is 7.57. The maximum atomic E-state index is 14.2. The molecule has 49 heavy (non-hydrogen) atoms. The normalized spacial score (nSPS) is 16.3. The molecular formula is C35H47N7O6S. The maximum Gasteiger partial charge on any atom is 0.321 e. The number of carbonyl (C=O) groups is 2. The molecule has 4 rings (SSSR count). The highest BCUT2D eigenvalue weighted by molar-refractivity contribution is 7.89. The lowest BCUT2D eigenvalue weighted by atomic mass is 9.95. The first-order valence-electron chi connectivity index (χ1n) is 16.6. The van der Waals surface area contributed by atoms with E-state index in [1.54, 1.807) is 28.3 Å². The monoisotopic (exact) mass is 693 g/mol. The predicted octanol–water partition coefficient (Wildman–Crippen LogP) is 3.37. The summed E-state index contributed by atoms with van der Waals surface area (Å²) in [5.74, 6) is -0.668. The number of amides is 3. The summed E-state index contributed by atoms with van der Waals surface area (Å²) in [6.07, 6.45) is 3.95. The van der Waals surface area contributed by atoms with Crippen molar-refractivity contribution in [2.24, 2.45) is 17.0 Å². The topological polar surface area (TPSA) is 169 Å². The second kappa shape index (κ2) is 17.3.